The molecule has 1 N–H and O–H groups in total. The van der Waals surface area contributed by atoms with E-state index in [1.165, 1.54) is 12.1 Å². The van der Waals surface area contributed by atoms with Crippen LogP contribution in [0.4, 0.5) is 10.1 Å². The molecular formula is C14H18FNO3. The molecule has 1 fully saturated rings. The fraction of sp³-hybridized carbons (Fsp3) is 0.500. The number of nitrogens with zero attached hydrogens (tertiary/aromatic N) is 1. The quantitative estimate of drug-likeness (QED) is 0.913. The van der Waals surface area contributed by atoms with E-state index in [0.29, 0.717) is 18.2 Å². The third-order valence-corrected chi connectivity index (χ3v) is 3.72. The Labute approximate surface area is 111 Å². The van der Waals surface area contributed by atoms with Crippen molar-refractivity contribution in [2.45, 2.75) is 19.4 Å². The van der Waals surface area contributed by atoms with Crippen molar-refractivity contribution in [1.82, 2.24) is 0 Å². The minimum atomic E-state index is -1.11. The van der Waals surface area contributed by atoms with Crippen LogP contribution in [0, 0.1) is 11.7 Å². The average molecular weight is 267 g/mol. The standard InChI is InChI=1S/C14H18FNO3/c1-9-5-6-16(8-13(9)19-2)12-4-3-10(15)7-11(12)14(17)18/h3-4,7,9,13H,5-6,8H2,1-2H3,(H,17,18). The molecule has 0 spiro atoms. The lowest BCUT2D eigenvalue weighted by molar-refractivity contribution is 0.0496. The number of carboxylic acid groups (broad SMARTS) is 1. The molecule has 0 amide bonds. The SMILES string of the molecule is COC1CN(c2ccc(F)cc2C(=O)O)CCC1C. The highest BCUT2D eigenvalue weighted by molar-refractivity contribution is 5.94. The number of hydrogen-bond donors (Lipinski definition) is 1. The highest BCUT2D eigenvalue weighted by Gasteiger charge is 2.28. The Bertz CT molecular complexity index is 478. The van der Waals surface area contributed by atoms with Gasteiger partial charge in [-0.05, 0) is 30.5 Å². The van der Waals surface area contributed by atoms with Crippen LogP contribution in [0.5, 0.6) is 0 Å². The Morgan fingerprint density at radius 3 is 2.89 bits per heavy atom. The van der Waals surface area contributed by atoms with Gasteiger partial charge >= 0.3 is 5.97 Å². The van der Waals surface area contributed by atoms with Gasteiger partial charge in [-0.2, -0.15) is 0 Å². The van der Waals surface area contributed by atoms with Gasteiger partial charge in [-0.25, -0.2) is 9.18 Å². The highest BCUT2D eigenvalue weighted by Crippen LogP contribution is 2.28. The number of carbonyl (C=O) groups is 1. The Hall–Kier alpha value is -1.62. The normalized spacial score (nSPS) is 23.4. The summed E-state index contributed by atoms with van der Waals surface area (Å²) in [6.07, 6.45) is 0.995. The second-order valence-corrected chi connectivity index (χ2v) is 4.95. The highest BCUT2D eigenvalue weighted by atomic mass is 19.1. The summed E-state index contributed by atoms with van der Waals surface area (Å²) in [6.45, 7) is 3.50. The van der Waals surface area contributed by atoms with Gasteiger partial charge in [-0.1, -0.05) is 6.92 Å². The maximum atomic E-state index is 13.2. The van der Waals surface area contributed by atoms with Crippen LogP contribution in [-0.4, -0.2) is 37.4 Å². The molecule has 0 aliphatic carbocycles. The van der Waals surface area contributed by atoms with Crippen molar-refractivity contribution in [3.05, 3.63) is 29.6 Å². The number of carboxylic acids is 1. The van der Waals surface area contributed by atoms with E-state index in [0.717, 1.165) is 19.0 Å². The predicted molar refractivity (Wildman–Crippen MR) is 70.2 cm³/mol. The molecule has 5 heteroatoms. The van der Waals surface area contributed by atoms with E-state index in [1.807, 2.05) is 4.90 Å². The number of anilines is 1. The third kappa shape index (κ3) is 2.87. The lowest BCUT2D eigenvalue weighted by atomic mass is 9.95. The fourth-order valence-corrected chi connectivity index (χ4v) is 2.51. The summed E-state index contributed by atoms with van der Waals surface area (Å²) < 4.78 is 18.6. The number of methoxy groups -OCH3 is 1. The molecule has 1 aliphatic heterocycles. The topological polar surface area (TPSA) is 49.8 Å². The van der Waals surface area contributed by atoms with Gasteiger partial charge < -0.3 is 14.7 Å². The Kier molecular flexibility index (Phi) is 4.04. The first kappa shape index (κ1) is 13.8. The van der Waals surface area contributed by atoms with Gasteiger partial charge in [0.05, 0.1) is 17.4 Å². The van der Waals surface area contributed by atoms with Crippen LogP contribution < -0.4 is 4.90 Å². The monoisotopic (exact) mass is 267 g/mol. The lowest BCUT2D eigenvalue weighted by Crippen LogP contribution is -2.44. The molecule has 1 heterocycles. The number of aromatic carboxylic acids is 1. The molecule has 2 rings (SSSR count). The maximum Gasteiger partial charge on any atom is 0.337 e. The van der Waals surface area contributed by atoms with Crippen molar-refractivity contribution in [2.75, 3.05) is 25.1 Å². The zero-order valence-corrected chi connectivity index (χ0v) is 11.1. The summed E-state index contributed by atoms with van der Waals surface area (Å²) >= 11 is 0. The van der Waals surface area contributed by atoms with Crippen molar-refractivity contribution in [1.29, 1.82) is 0 Å². The van der Waals surface area contributed by atoms with E-state index < -0.39 is 11.8 Å². The van der Waals surface area contributed by atoms with Crippen molar-refractivity contribution in [2.24, 2.45) is 5.92 Å². The third-order valence-electron chi connectivity index (χ3n) is 3.72. The van der Waals surface area contributed by atoms with Gasteiger partial charge in [0.2, 0.25) is 0 Å². The van der Waals surface area contributed by atoms with Crippen LogP contribution in [0.2, 0.25) is 0 Å². The largest absolute Gasteiger partial charge is 0.478 e. The molecule has 1 aliphatic rings. The summed E-state index contributed by atoms with van der Waals surface area (Å²) in [5, 5.41) is 9.17. The molecular weight excluding hydrogens is 249 g/mol. The van der Waals surface area contributed by atoms with E-state index in [-0.39, 0.29) is 11.7 Å². The van der Waals surface area contributed by atoms with Crippen LogP contribution in [0.3, 0.4) is 0 Å². The summed E-state index contributed by atoms with van der Waals surface area (Å²) in [7, 11) is 1.66. The van der Waals surface area contributed by atoms with Crippen LogP contribution in [-0.2, 0) is 4.74 Å². The van der Waals surface area contributed by atoms with Crippen LogP contribution in [0.15, 0.2) is 18.2 Å². The number of piperidine rings is 1. The van der Waals surface area contributed by atoms with Gasteiger partial charge in [0, 0.05) is 20.2 Å². The number of halogens is 1. The number of benzene rings is 1. The van der Waals surface area contributed by atoms with Crippen LogP contribution >= 0.6 is 0 Å². The summed E-state index contributed by atoms with van der Waals surface area (Å²) in [5.41, 5.74) is 0.562. The molecule has 0 radical (unpaired) electrons. The second kappa shape index (κ2) is 5.57. The van der Waals surface area contributed by atoms with Crippen molar-refractivity contribution in [3.8, 4) is 0 Å². The average Bonchev–Trinajstić information content (AvgIpc) is 2.39. The van der Waals surface area contributed by atoms with E-state index in [2.05, 4.69) is 6.92 Å². The molecule has 2 unspecified atom stereocenters. The first-order valence-corrected chi connectivity index (χ1v) is 6.33. The van der Waals surface area contributed by atoms with E-state index in [1.54, 1.807) is 7.11 Å². The molecule has 104 valence electrons. The predicted octanol–water partition coefficient (Wildman–Crippen LogP) is 2.39. The minimum Gasteiger partial charge on any atom is -0.478 e. The van der Waals surface area contributed by atoms with E-state index in [4.69, 9.17) is 4.74 Å². The zero-order valence-electron chi connectivity index (χ0n) is 11.1. The van der Waals surface area contributed by atoms with Crippen LogP contribution in [0.1, 0.15) is 23.7 Å². The van der Waals surface area contributed by atoms with Crippen LogP contribution in [0.25, 0.3) is 0 Å². The lowest BCUT2D eigenvalue weighted by Gasteiger charge is -2.38. The summed E-state index contributed by atoms with van der Waals surface area (Å²) in [5.74, 6) is -1.20. The molecule has 1 aromatic rings. The Balaban J connectivity index is 2.29. The molecule has 19 heavy (non-hydrogen) atoms. The second-order valence-electron chi connectivity index (χ2n) is 4.95. The first-order chi connectivity index (χ1) is 9.02. The first-order valence-electron chi connectivity index (χ1n) is 6.33. The smallest absolute Gasteiger partial charge is 0.337 e. The number of hydrogen-bond acceptors (Lipinski definition) is 3. The molecule has 1 saturated heterocycles. The van der Waals surface area contributed by atoms with Gasteiger partial charge in [0.15, 0.2) is 0 Å². The molecule has 1 aromatic carbocycles. The number of rotatable bonds is 3. The van der Waals surface area contributed by atoms with E-state index >= 15 is 0 Å². The van der Waals surface area contributed by atoms with Crippen molar-refractivity contribution < 1.29 is 19.0 Å². The molecule has 0 bridgehead atoms. The minimum absolute atomic E-state index is 0.00408. The van der Waals surface area contributed by atoms with Crippen molar-refractivity contribution in [3.63, 3.8) is 0 Å². The maximum absolute atomic E-state index is 13.2. The van der Waals surface area contributed by atoms with Crippen molar-refractivity contribution >= 4 is 11.7 Å². The molecule has 4 nitrogen and oxygen atoms in total. The van der Waals surface area contributed by atoms with Gasteiger partial charge in [0.1, 0.15) is 5.82 Å². The van der Waals surface area contributed by atoms with E-state index in [9.17, 15) is 14.3 Å². The fourth-order valence-electron chi connectivity index (χ4n) is 2.51. The molecule has 2 atom stereocenters. The zero-order chi connectivity index (χ0) is 14.0. The summed E-state index contributed by atoms with van der Waals surface area (Å²) in [6, 6.07) is 3.89. The molecule has 0 aromatic heterocycles. The van der Waals surface area contributed by atoms with Gasteiger partial charge in [-0.15, -0.1) is 0 Å². The summed E-state index contributed by atoms with van der Waals surface area (Å²) in [4.78, 5) is 13.2. The van der Waals surface area contributed by atoms with Gasteiger partial charge in [-0.3, -0.25) is 0 Å². The van der Waals surface area contributed by atoms with Gasteiger partial charge in [0.25, 0.3) is 0 Å². The Morgan fingerprint density at radius 1 is 1.53 bits per heavy atom. The molecule has 0 saturated carbocycles. The number of ether oxygens (including phenoxy) is 1. The Morgan fingerprint density at radius 2 is 2.26 bits per heavy atom.